The molecule has 0 heterocycles. The molecule has 0 aliphatic rings. The van der Waals surface area contributed by atoms with Gasteiger partial charge in [-0.15, -0.1) is 0 Å². The summed E-state index contributed by atoms with van der Waals surface area (Å²) in [7, 11) is 0. The minimum absolute atomic E-state index is 0.226. The Bertz CT molecular complexity index is 419. The average molecular weight is 288 g/mol. The van der Waals surface area contributed by atoms with Gasteiger partial charge >= 0.3 is 11.9 Å². The average Bonchev–Trinajstić information content (AvgIpc) is 2.38. The molecule has 0 unspecified atom stereocenters. The van der Waals surface area contributed by atoms with Crippen LogP contribution < -0.4 is 10.6 Å². The first-order valence-corrected chi connectivity index (χ1v) is 5.82. The maximum absolute atomic E-state index is 11.5. The highest BCUT2D eigenvalue weighted by atomic mass is 16.4. The zero-order valence-corrected chi connectivity index (χ0v) is 10.8. The van der Waals surface area contributed by atoms with E-state index < -0.39 is 48.5 Å². The number of hydrogen-bond donors (Lipinski definition) is 4. The molecular weight excluding hydrogens is 272 g/mol. The summed E-state index contributed by atoms with van der Waals surface area (Å²) in [5, 5.41) is 21.1. The summed E-state index contributed by atoms with van der Waals surface area (Å²) < 4.78 is 0. The number of carboxylic acids is 2. The number of hydrogen-bond acceptors (Lipinski definition) is 5. The second-order valence-electron chi connectivity index (χ2n) is 3.87. The highest BCUT2D eigenvalue weighted by molar-refractivity contribution is 6.32. The molecule has 0 aliphatic carbocycles. The molecule has 0 bridgehead atoms. The van der Waals surface area contributed by atoms with Gasteiger partial charge in [-0.1, -0.05) is 6.92 Å². The smallest absolute Gasteiger partial charge is 0.372 e. The van der Waals surface area contributed by atoms with Crippen LogP contribution in [0.5, 0.6) is 0 Å². The zero-order chi connectivity index (χ0) is 15.7. The third kappa shape index (κ3) is 7.09. The molecule has 0 radical (unpaired) electrons. The van der Waals surface area contributed by atoms with Crippen LogP contribution in [0.4, 0.5) is 0 Å². The van der Waals surface area contributed by atoms with Crippen molar-refractivity contribution in [2.24, 2.45) is 0 Å². The number of aliphatic carboxylic acids is 2. The molecule has 20 heavy (non-hydrogen) atoms. The number of rotatable bonds is 9. The highest BCUT2D eigenvalue weighted by Gasteiger charge is 2.20. The zero-order valence-electron chi connectivity index (χ0n) is 10.8. The predicted octanol–water partition coefficient (Wildman–Crippen LogP) is -1.48. The van der Waals surface area contributed by atoms with Crippen LogP contribution in [0.1, 0.15) is 26.2 Å². The number of carboxylic acid groups (broad SMARTS) is 2. The number of carbonyl (C=O) groups excluding carboxylic acids is 3. The highest BCUT2D eigenvalue weighted by Crippen LogP contribution is 1.96. The first-order valence-electron chi connectivity index (χ1n) is 5.82. The predicted molar refractivity (Wildman–Crippen MR) is 64.7 cm³/mol. The van der Waals surface area contributed by atoms with Crippen molar-refractivity contribution in [2.75, 3.05) is 6.54 Å². The molecule has 0 fully saturated rings. The Morgan fingerprint density at radius 2 is 1.65 bits per heavy atom. The molecule has 112 valence electrons. The van der Waals surface area contributed by atoms with E-state index in [4.69, 9.17) is 10.2 Å². The fourth-order valence-electron chi connectivity index (χ4n) is 1.24. The molecule has 0 rings (SSSR count). The second kappa shape index (κ2) is 8.62. The summed E-state index contributed by atoms with van der Waals surface area (Å²) in [6, 6.07) is -0.929. The molecule has 4 N–H and O–H groups in total. The van der Waals surface area contributed by atoms with Crippen LogP contribution in [0.25, 0.3) is 0 Å². The van der Waals surface area contributed by atoms with Crippen LogP contribution in [-0.4, -0.2) is 52.3 Å². The van der Waals surface area contributed by atoms with Gasteiger partial charge in [-0.3, -0.25) is 19.2 Å². The van der Waals surface area contributed by atoms with Gasteiger partial charge in [0.15, 0.2) is 0 Å². The van der Waals surface area contributed by atoms with Gasteiger partial charge in [-0.25, -0.2) is 4.79 Å². The number of Topliss-reactive ketones (excluding diaryl/α,β-unsaturated/α-hetero) is 1. The molecule has 0 saturated carbocycles. The van der Waals surface area contributed by atoms with E-state index in [0.29, 0.717) is 0 Å². The monoisotopic (exact) mass is 288 g/mol. The van der Waals surface area contributed by atoms with Gasteiger partial charge in [0.1, 0.15) is 12.6 Å². The minimum Gasteiger partial charge on any atom is -0.480 e. The van der Waals surface area contributed by atoms with Gasteiger partial charge in [-0.05, 0) is 6.42 Å². The number of nitrogens with one attached hydrogen (secondary N) is 2. The van der Waals surface area contributed by atoms with Gasteiger partial charge in [0.25, 0.3) is 0 Å². The second-order valence-corrected chi connectivity index (χ2v) is 3.87. The maximum atomic E-state index is 11.5. The van der Waals surface area contributed by atoms with Crippen molar-refractivity contribution in [1.29, 1.82) is 0 Å². The van der Waals surface area contributed by atoms with Crippen molar-refractivity contribution in [3.05, 3.63) is 0 Å². The molecule has 0 aromatic rings. The number of amides is 2. The Balaban J connectivity index is 4.24. The normalized spacial score (nSPS) is 11.2. The van der Waals surface area contributed by atoms with Crippen LogP contribution in [0.3, 0.4) is 0 Å². The van der Waals surface area contributed by atoms with Crippen LogP contribution in [-0.2, 0) is 24.0 Å². The van der Waals surface area contributed by atoms with Crippen LogP contribution in [0, 0.1) is 0 Å². The lowest BCUT2D eigenvalue weighted by molar-refractivity contribution is -0.149. The lowest BCUT2D eigenvalue weighted by Crippen LogP contribution is -2.47. The third-order valence-electron chi connectivity index (χ3n) is 2.29. The maximum Gasteiger partial charge on any atom is 0.372 e. The van der Waals surface area contributed by atoms with E-state index in [1.807, 2.05) is 0 Å². The SMILES string of the molecule is CC[C@H](NC(=O)CCC(=O)C(=O)O)C(=O)NCC(=O)O. The van der Waals surface area contributed by atoms with E-state index in [1.165, 1.54) is 0 Å². The van der Waals surface area contributed by atoms with Crippen LogP contribution in [0.15, 0.2) is 0 Å². The molecular formula is C11H16N2O7. The first-order chi connectivity index (χ1) is 9.27. The molecule has 1 atom stereocenters. The lowest BCUT2D eigenvalue weighted by Gasteiger charge is -2.15. The van der Waals surface area contributed by atoms with Crippen LogP contribution in [0.2, 0.25) is 0 Å². The van der Waals surface area contributed by atoms with E-state index in [-0.39, 0.29) is 12.8 Å². The summed E-state index contributed by atoms with van der Waals surface area (Å²) in [5.41, 5.74) is 0. The Kier molecular flexibility index (Phi) is 7.56. The third-order valence-corrected chi connectivity index (χ3v) is 2.29. The molecule has 2 amide bonds. The molecule has 0 spiro atoms. The summed E-state index contributed by atoms with van der Waals surface area (Å²) >= 11 is 0. The van der Waals surface area contributed by atoms with E-state index in [2.05, 4.69) is 10.6 Å². The van der Waals surface area contributed by atoms with Gasteiger partial charge in [0.05, 0.1) is 0 Å². The van der Waals surface area contributed by atoms with Crippen molar-refractivity contribution in [3.8, 4) is 0 Å². The molecule has 0 saturated heterocycles. The number of ketones is 1. The quantitative estimate of drug-likeness (QED) is 0.378. The van der Waals surface area contributed by atoms with Crippen molar-refractivity contribution < 1.29 is 34.2 Å². The fourth-order valence-corrected chi connectivity index (χ4v) is 1.24. The summed E-state index contributed by atoms with van der Waals surface area (Å²) in [4.78, 5) is 54.3. The van der Waals surface area contributed by atoms with E-state index in [9.17, 15) is 24.0 Å². The molecule has 9 nitrogen and oxygen atoms in total. The van der Waals surface area contributed by atoms with Crippen LogP contribution >= 0.6 is 0 Å². The van der Waals surface area contributed by atoms with E-state index in [0.717, 1.165) is 0 Å². The van der Waals surface area contributed by atoms with Crippen molar-refractivity contribution in [1.82, 2.24) is 10.6 Å². The van der Waals surface area contributed by atoms with Crippen molar-refractivity contribution in [2.45, 2.75) is 32.2 Å². The Morgan fingerprint density at radius 3 is 2.10 bits per heavy atom. The minimum atomic E-state index is -1.62. The Labute approximate surface area is 114 Å². The summed E-state index contributed by atoms with van der Waals surface area (Å²) in [5.74, 6) is -5.25. The lowest BCUT2D eigenvalue weighted by atomic mass is 10.1. The van der Waals surface area contributed by atoms with Gasteiger partial charge in [0, 0.05) is 12.8 Å². The summed E-state index contributed by atoms with van der Waals surface area (Å²) in [6.45, 7) is 1.04. The fraction of sp³-hybridized carbons (Fsp3) is 0.545. The van der Waals surface area contributed by atoms with Crippen molar-refractivity contribution in [3.63, 3.8) is 0 Å². The summed E-state index contributed by atoms with van der Waals surface area (Å²) in [6.07, 6.45) is -0.591. The van der Waals surface area contributed by atoms with Gasteiger partial charge in [0.2, 0.25) is 17.6 Å². The largest absolute Gasteiger partial charge is 0.480 e. The Hall–Kier alpha value is -2.45. The topological polar surface area (TPSA) is 150 Å². The van der Waals surface area contributed by atoms with E-state index in [1.54, 1.807) is 6.92 Å². The molecule has 0 aromatic heterocycles. The number of carbonyl (C=O) groups is 5. The molecule has 0 aliphatic heterocycles. The molecule has 9 heteroatoms. The standard InChI is InChI=1S/C11H16N2O7/c1-2-6(10(18)12-5-9(16)17)13-8(15)4-3-7(14)11(19)20/h6H,2-5H2,1H3,(H,12,18)(H,13,15)(H,16,17)(H,19,20)/t6-/m0/s1. The van der Waals surface area contributed by atoms with E-state index >= 15 is 0 Å². The first kappa shape index (κ1) is 17.6. The van der Waals surface area contributed by atoms with Gasteiger partial charge in [-0.2, -0.15) is 0 Å². The molecule has 0 aromatic carbocycles. The van der Waals surface area contributed by atoms with Crippen molar-refractivity contribution >= 4 is 29.5 Å². The van der Waals surface area contributed by atoms with Gasteiger partial charge < -0.3 is 20.8 Å². The Morgan fingerprint density at radius 1 is 1.05 bits per heavy atom.